The van der Waals surface area contributed by atoms with Gasteiger partial charge in [0.1, 0.15) is 28.4 Å². The largest absolute Gasteiger partial charge is 0.497 e. The number of nitrogens with zero attached hydrogens (tertiary/aromatic N) is 10. The highest BCUT2D eigenvalue weighted by Gasteiger charge is 2.19. The van der Waals surface area contributed by atoms with Crippen LogP contribution in [-0.4, -0.2) is 79.2 Å². The topological polar surface area (TPSA) is 178 Å². The number of aromatic amines is 2. The Morgan fingerprint density at radius 3 is 1.66 bits per heavy atom. The maximum Gasteiger partial charge on any atom is 0.166 e. The number of benzene rings is 2. The van der Waals surface area contributed by atoms with Crippen LogP contribution in [0, 0.1) is 11.6 Å². The van der Waals surface area contributed by atoms with Gasteiger partial charge in [0.2, 0.25) is 0 Å². The van der Waals surface area contributed by atoms with Gasteiger partial charge in [0.15, 0.2) is 34.6 Å². The second-order valence-electron chi connectivity index (χ2n) is 15.8. The lowest BCUT2D eigenvalue weighted by atomic mass is 10.1. The van der Waals surface area contributed by atoms with Gasteiger partial charge in [0.25, 0.3) is 0 Å². The average Bonchev–Trinajstić information content (AvgIpc) is 4.12. The van der Waals surface area contributed by atoms with E-state index in [2.05, 4.69) is 106 Å². The highest BCUT2D eigenvalue weighted by Crippen LogP contribution is 2.29. The third kappa shape index (κ3) is 8.51. The monoisotopic (exact) mass is 860 g/mol. The number of ether oxygens (including phenoxy) is 1. The minimum Gasteiger partial charge on any atom is -0.497 e. The van der Waals surface area contributed by atoms with Crippen molar-refractivity contribution in [3.8, 4) is 28.5 Å². The second-order valence-corrected chi connectivity index (χ2v) is 15.8. The van der Waals surface area contributed by atoms with Crippen molar-refractivity contribution in [1.82, 2.24) is 59.0 Å². The van der Waals surface area contributed by atoms with E-state index in [1.165, 1.54) is 34.8 Å². The maximum atomic E-state index is 13.8. The van der Waals surface area contributed by atoms with E-state index >= 15 is 0 Å². The average molecular weight is 861 g/mol. The molecule has 8 aromatic heterocycles. The first-order valence-corrected chi connectivity index (χ1v) is 21.0. The molecule has 0 spiro atoms. The van der Waals surface area contributed by atoms with Crippen molar-refractivity contribution in [3.05, 3.63) is 127 Å². The van der Waals surface area contributed by atoms with Crippen LogP contribution >= 0.6 is 0 Å². The molecule has 0 fully saturated rings. The Morgan fingerprint density at radius 2 is 1.14 bits per heavy atom. The molecule has 0 saturated carbocycles. The van der Waals surface area contributed by atoms with E-state index in [9.17, 15) is 8.78 Å². The van der Waals surface area contributed by atoms with Gasteiger partial charge in [-0.3, -0.25) is 9.97 Å². The summed E-state index contributed by atoms with van der Waals surface area (Å²) in [7, 11) is 1.66. The Hall–Kier alpha value is -7.82. The molecule has 10 aromatic rings. The molecule has 0 saturated heterocycles. The molecule has 17 heteroatoms. The van der Waals surface area contributed by atoms with Gasteiger partial charge in [-0.25, -0.2) is 38.7 Å². The maximum absolute atomic E-state index is 13.8. The zero-order valence-electron chi connectivity index (χ0n) is 35.9. The van der Waals surface area contributed by atoms with Gasteiger partial charge in [-0.05, 0) is 82.0 Å². The van der Waals surface area contributed by atoms with E-state index in [4.69, 9.17) is 4.74 Å². The number of fused-ring (bicyclic) bond motifs is 4. The summed E-state index contributed by atoms with van der Waals surface area (Å²) < 4.78 is 36.8. The van der Waals surface area contributed by atoms with Crippen LogP contribution in [0.1, 0.15) is 50.9 Å². The molecule has 2 aromatic carbocycles. The number of methoxy groups -OCH3 is 1. The van der Waals surface area contributed by atoms with Gasteiger partial charge < -0.3 is 34.5 Å². The van der Waals surface area contributed by atoms with Crippen LogP contribution in [-0.2, 0) is 12.8 Å². The summed E-state index contributed by atoms with van der Waals surface area (Å²) in [6.07, 6.45) is 14.6. The molecule has 0 aliphatic heterocycles. The number of aromatic nitrogens is 12. The minimum atomic E-state index is -0.431. The Kier molecular flexibility index (Phi) is 11.6. The summed E-state index contributed by atoms with van der Waals surface area (Å²) in [5, 5.41) is 9.19. The fraction of sp³-hybridized carbons (Fsp3) is 0.234. The zero-order chi connectivity index (χ0) is 44.3. The van der Waals surface area contributed by atoms with E-state index in [1.54, 1.807) is 32.2 Å². The van der Waals surface area contributed by atoms with Crippen molar-refractivity contribution in [2.24, 2.45) is 0 Å². The molecule has 0 bridgehead atoms. The quantitative estimate of drug-likeness (QED) is 0.0868. The second kappa shape index (κ2) is 17.9. The number of pyridine rings is 2. The predicted octanol–water partition coefficient (Wildman–Crippen LogP) is 9.50. The summed E-state index contributed by atoms with van der Waals surface area (Å²) in [5.41, 5.74) is 8.40. The number of halogens is 2. The number of rotatable bonds is 13. The number of H-pyrrole nitrogens is 2. The van der Waals surface area contributed by atoms with Crippen LogP contribution in [0.25, 0.3) is 66.9 Å². The molecule has 0 radical (unpaired) electrons. The van der Waals surface area contributed by atoms with Gasteiger partial charge in [-0.1, -0.05) is 18.2 Å². The van der Waals surface area contributed by atoms with Crippen LogP contribution in [0.4, 0.5) is 20.4 Å². The standard InChI is InChI=1S/C24H24FN7O.C23H22FN7/c1-14(2)32-13-29-21-23(30-22(31-24(21)32)16-8-17(25)12-26-10-16)27-7-6-15-11-28-20-9-18(33-3)4-5-19(15)20;1-14(2)31-13-28-20-22(26-8-7-15-11-27-19-6-4-3-5-18(15)19)29-21(30-23(20)31)16-9-17(24)12-25-10-16/h4-5,8-14,28H,6-7H2,1-3H3,(H,27,30,31);3-6,9-14,27H,7-8H2,1-2H3,(H,26,29,30). The molecule has 0 atom stereocenters. The minimum absolute atomic E-state index is 0.166. The van der Waals surface area contributed by atoms with E-state index in [0.29, 0.717) is 69.8 Å². The first-order valence-electron chi connectivity index (χ1n) is 21.0. The van der Waals surface area contributed by atoms with Gasteiger partial charge in [0, 0.05) is 89.0 Å². The lowest BCUT2D eigenvalue weighted by molar-refractivity contribution is 0.415. The van der Waals surface area contributed by atoms with Gasteiger partial charge >= 0.3 is 0 Å². The fourth-order valence-corrected chi connectivity index (χ4v) is 7.63. The molecule has 0 amide bonds. The summed E-state index contributed by atoms with van der Waals surface area (Å²) in [4.78, 5) is 42.2. The highest BCUT2D eigenvalue weighted by atomic mass is 19.1. The van der Waals surface area contributed by atoms with Gasteiger partial charge in [-0.2, -0.15) is 0 Å². The lowest BCUT2D eigenvalue weighted by Gasteiger charge is -2.11. The first-order chi connectivity index (χ1) is 31.1. The molecule has 10 rings (SSSR count). The summed E-state index contributed by atoms with van der Waals surface area (Å²) in [6, 6.07) is 17.4. The molecular weight excluding hydrogens is 815 g/mol. The normalized spacial score (nSPS) is 11.6. The Morgan fingerprint density at radius 1 is 0.625 bits per heavy atom. The third-order valence-corrected chi connectivity index (χ3v) is 10.9. The Labute approximate surface area is 366 Å². The number of hydrogen-bond donors (Lipinski definition) is 4. The van der Waals surface area contributed by atoms with Crippen LogP contribution in [0.3, 0.4) is 0 Å². The number of anilines is 2. The van der Waals surface area contributed by atoms with Crippen molar-refractivity contribution < 1.29 is 13.5 Å². The first kappa shape index (κ1) is 41.5. The molecule has 324 valence electrons. The SMILES string of the molecule is CC(C)n1cnc2c(NCCc3c[nH]c4ccccc34)nc(-c3cncc(F)c3)nc21.COc1ccc2c(CCNc3nc(-c4cncc(F)c4)nc4c3ncn4C(C)C)c[nH]c2c1. The van der Waals surface area contributed by atoms with Crippen LogP contribution < -0.4 is 15.4 Å². The van der Waals surface area contributed by atoms with E-state index in [-0.39, 0.29) is 12.1 Å². The summed E-state index contributed by atoms with van der Waals surface area (Å²) in [6.45, 7) is 9.56. The molecule has 15 nitrogen and oxygen atoms in total. The summed E-state index contributed by atoms with van der Waals surface area (Å²) in [5.74, 6) is 2.02. The van der Waals surface area contributed by atoms with Crippen LogP contribution in [0.15, 0.2) is 104 Å². The Bertz CT molecular complexity index is 3240. The third-order valence-electron chi connectivity index (χ3n) is 10.9. The smallest absolute Gasteiger partial charge is 0.166 e. The van der Waals surface area contributed by atoms with E-state index in [0.717, 1.165) is 41.2 Å². The summed E-state index contributed by atoms with van der Waals surface area (Å²) >= 11 is 0. The molecule has 4 N–H and O–H groups in total. The highest BCUT2D eigenvalue weighted by molar-refractivity contribution is 5.87. The van der Waals surface area contributed by atoms with Crippen molar-refractivity contribution in [2.45, 2.75) is 52.6 Å². The van der Waals surface area contributed by atoms with Crippen molar-refractivity contribution >= 4 is 55.8 Å². The molecule has 0 aliphatic rings. The number of hydrogen-bond acceptors (Lipinski definition) is 11. The van der Waals surface area contributed by atoms with Crippen molar-refractivity contribution in [3.63, 3.8) is 0 Å². The molecule has 8 heterocycles. The molecular formula is C47H46F2N14O. The van der Waals surface area contributed by atoms with Crippen molar-refractivity contribution in [2.75, 3.05) is 30.8 Å². The predicted molar refractivity (Wildman–Crippen MR) is 245 cm³/mol. The van der Waals surface area contributed by atoms with E-state index in [1.807, 2.05) is 45.8 Å². The van der Waals surface area contributed by atoms with Gasteiger partial charge in [-0.15, -0.1) is 0 Å². The van der Waals surface area contributed by atoms with Crippen LogP contribution in [0.2, 0.25) is 0 Å². The molecule has 0 aliphatic carbocycles. The molecule has 0 unspecified atom stereocenters. The molecule has 64 heavy (non-hydrogen) atoms. The van der Waals surface area contributed by atoms with Crippen molar-refractivity contribution in [1.29, 1.82) is 0 Å². The zero-order valence-corrected chi connectivity index (χ0v) is 35.9. The van der Waals surface area contributed by atoms with Gasteiger partial charge in [0.05, 0.1) is 32.2 Å². The lowest BCUT2D eigenvalue weighted by Crippen LogP contribution is -2.09. The number of nitrogens with one attached hydrogen (secondary N) is 4. The van der Waals surface area contributed by atoms with Crippen LogP contribution in [0.5, 0.6) is 5.75 Å². The number of para-hydroxylation sites is 1. The Balaban J connectivity index is 0.000000162. The fourth-order valence-electron chi connectivity index (χ4n) is 7.63. The number of imidazole rings is 2. The van der Waals surface area contributed by atoms with E-state index < -0.39 is 11.6 Å².